The van der Waals surface area contributed by atoms with Gasteiger partial charge in [-0.25, -0.2) is 4.68 Å². The zero-order valence-corrected chi connectivity index (χ0v) is 22.7. The van der Waals surface area contributed by atoms with E-state index in [0.29, 0.717) is 41.0 Å². The number of fused-ring (bicyclic) bond motifs is 2. The van der Waals surface area contributed by atoms with E-state index in [1.165, 1.54) is 28.5 Å². The second-order valence-corrected chi connectivity index (χ2v) is 12.2. The maximum atomic E-state index is 14.1. The molecule has 1 aliphatic carbocycles. The number of hydrogen-bond donors (Lipinski definition) is 1. The lowest BCUT2D eigenvalue weighted by Gasteiger charge is -2.41. The van der Waals surface area contributed by atoms with Crippen LogP contribution in [0, 0.1) is 6.92 Å². The number of alkyl halides is 3. The molecule has 40 heavy (non-hydrogen) atoms. The van der Waals surface area contributed by atoms with Gasteiger partial charge in [-0.3, -0.25) is 9.78 Å². The number of ether oxygens (including phenoxy) is 1. The van der Waals surface area contributed by atoms with Gasteiger partial charge in [0.15, 0.2) is 0 Å². The summed E-state index contributed by atoms with van der Waals surface area (Å²) in [5, 5.41) is 7.90. The van der Waals surface area contributed by atoms with E-state index < -0.39 is 11.7 Å². The third-order valence-electron chi connectivity index (χ3n) is 8.53. The minimum atomic E-state index is -4.52. The average molecular weight is 568 g/mol. The fourth-order valence-corrected chi connectivity index (χ4v) is 7.46. The molecule has 0 unspecified atom stereocenters. The van der Waals surface area contributed by atoms with Crippen molar-refractivity contribution in [2.45, 2.75) is 56.9 Å². The zero-order valence-electron chi connectivity index (χ0n) is 21.9. The van der Waals surface area contributed by atoms with E-state index in [1.54, 1.807) is 31.5 Å². The summed E-state index contributed by atoms with van der Waals surface area (Å²) < 4.78 is 50.4. The standard InChI is InChI=1S/C29H28F3N5O2S/c1-17-3-8-35-37(27(17)38)16-20-13-23-26(40-20)21(4-7-33-23)22-11-18(29(30,31)32)12-24-25(22)36(9-10-39-24)19-14-28(34-15-19)5-2-6-28/h3-4,7-8,11-13,19,34H,2,5-6,9-10,14-16H2,1H3/t19-/m1/s1. The molecule has 1 atom stereocenters. The highest BCUT2D eigenvalue weighted by Gasteiger charge is 2.46. The summed E-state index contributed by atoms with van der Waals surface area (Å²) in [6.45, 7) is 3.74. The van der Waals surface area contributed by atoms with Crippen LogP contribution in [0.1, 0.15) is 41.7 Å². The average Bonchev–Trinajstić information content (AvgIpc) is 3.54. The molecule has 7 rings (SSSR count). The summed E-state index contributed by atoms with van der Waals surface area (Å²) in [7, 11) is 0. The van der Waals surface area contributed by atoms with Gasteiger partial charge in [0.2, 0.25) is 0 Å². The molecule has 3 aliphatic rings. The minimum Gasteiger partial charge on any atom is -0.490 e. The van der Waals surface area contributed by atoms with E-state index >= 15 is 0 Å². The fraction of sp³-hybridized carbons (Fsp3) is 0.414. The number of rotatable bonds is 4. The first-order valence-electron chi connectivity index (χ1n) is 13.5. The number of pyridine rings is 1. The van der Waals surface area contributed by atoms with Crippen LogP contribution in [0.3, 0.4) is 0 Å². The monoisotopic (exact) mass is 567 g/mol. The molecule has 4 aromatic rings. The molecule has 0 radical (unpaired) electrons. The van der Waals surface area contributed by atoms with Crippen molar-refractivity contribution < 1.29 is 17.9 Å². The van der Waals surface area contributed by atoms with E-state index in [2.05, 4.69) is 20.3 Å². The van der Waals surface area contributed by atoms with Gasteiger partial charge in [0, 0.05) is 52.1 Å². The molecule has 3 aromatic heterocycles. The Hall–Kier alpha value is -3.44. The first-order chi connectivity index (χ1) is 19.2. The maximum Gasteiger partial charge on any atom is 0.416 e. The van der Waals surface area contributed by atoms with Crippen LogP contribution in [0.4, 0.5) is 18.9 Å². The van der Waals surface area contributed by atoms with Gasteiger partial charge in [-0.15, -0.1) is 11.3 Å². The summed E-state index contributed by atoms with van der Waals surface area (Å²) in [6, 6.07) is 7.90. The number of halogens is 3. The van der Waals surface area contributed by atoms with Crippen LogP contribution >= 0.6 is 11.3 Å². The Kier molecular flexibility index (Phi) is 5.94. The Balaban J connectivity index is 1.36. The summed E-state index contributed by atoms with van der Waals surface area (Å²) in [6.07, 6.45) is 3.16. The fourth-order valence-electron chi connectivity index (χ4n) is 6.34. The normalized spacial score (nSPS) is 20.0. The van der Waals surface area contributed by atoms with E-state index in [9.17, 15) is 18.0 Å². The third kappa shape index (κ3) is 4.26. The van der Waals surface area contributed by atoms with Crippen LogP contribution in [0.5, 0.6) is 5.75 Å². The molecular formula is C29H28F3N5O2S. The molecule has 1 spiro atoms. The molecule has 5 heterocycles. The number of anilines is 1. The number of nitrogens with one attached hydrogen (secondary N) is 1. The molecule has 0 bridgehead atoms. The summed E-state index contributed by atoms with van der Waals surface area (Å²) in [5.74, 6) is 0.267. The number of aryl methyl sites for hydroxylation is 1. The van der Waals surface area contributed by atoms with E-state index in [4.69, 9.17) is 4.74 Å². The second kappa shape index (κ2) is 9.31. The van der Waals surface area contributed by atoms with Crippen molar-refractivity contribution in [2.24, 2.45) is 0 Å². The molecule has 7 nitrogen and oxygen atoms in total. The van der Waals surface area contributed by atoms with Crippen LogP contribution in [-0.2, 0) is 12.7 Å². The molecule has 1 N–H and O–H groups in total. The second-order valence-electron chi connectivity index (χ2n) is 11.0. The van der Waals surface area contributed by atoms with Crippen molar-refractivity contribution in [1.82, 2.24) is 20.1 Å². The lowest BCUT2D eigenvalue weighted by Crippen LogP contribution is -2.46. The van der Waals surface area contributed by atoms with Gasteiger partial charge in [-0.1, -0.05) is 0 Å². The van der Waals surface area contributed by atoms with Gasteiger partial charge in [0.25, 0.3) is 5.56 Å². The lowest BCUT2D eigenvalue weighted by atomic mass is 9.75. The van der Waals surface area contributed by atoms with Crippen LogP contribution in [-0.4, -0.2) is 46.0 Å². The Bertz CT molecular complexity index is 1680. The highest BCUT2D eigenvalue weighted by molar-refractivity contribution is 7.19. The Labute approximate surface area is 232 Å². The largest absolute Gasteiger partial charge is 0.490 e. The van der Waals surface area contributed by atoms with E-state index in [0.717, 1.165) is 41.5 Å². The lowest BCUT2D eigenvalue weighted by molar-refractivity contribution is -0.137. The van der Waals surface area contributed by atoms with Gasteiger partial charge in [0.1, 0.15) is 12.4 Å². The molecule has 1 aromatic carbocycles. The zero-order chi connectivity index (χ0) is 27.6. The molecule has 2 aliphatic heterocycles. The number of benzene rings is 1. The van der Waals surface area contributed by atoms with Gasteiger partial charge in [0.05, 0.1) is 34.6 Å². The van der Waals surface area contributed by atoms with Crippen LogP contribution in [0.15, 0.2) is 47.5 Å². The van der Waals surface area contributed by atoms with Crippen molar-refractivity contribution >= 4 is 27.2 Å². The molecule has 11 heteroatoms. The Morgan fingerprint density at radius 3 is 2.77 bits per heavy atom. The van der Waals surface area contributed by atoms with Crippen LogP contribution in [0.2, 0.25) is 0 Å². The smallest absolute Gasteiger partial charge is 0.416 e. The van der Waals surface area contributed by atoms with Crippen molar-refractivity contribution in [1.29, 1.82) is 0 Å². The highest BCUT2D eigenvalue weighted by Crippen LogP contribution is 2.50. The van der Waals surface area contributed by atoms with E-state index in [-0.39, 0.29) is 29.4 Å². The summed E-state index contributed by atoms with van der Waals surface area (Å²) in [4.78, 5) is 20.2. The maximum absolute atomic E-state index is 14.1. The van der Waals surface area contributed by atoms with Crippen molar-refractivity contribution in [3.05, 3.63) is 69.1 Å². The predicted octanol–water partition coefficient (Wildman–Crippen LogP) is 5.38. The van der Waals surface area contributed by atoms with Gasteiger partial charge < -0.3 is 15.0 Å². The first kappa shape index (κ1) is 25.5. The molecular weight excluding hydrogens is 539 g/mol. The summed E-state index contributed by atoms with van der Waals surface area (Å²) >= 11 is 1.42. The van der Waals surface area contributed by atoms with Crippen molar-refractivity contribution in [2.75, 3.05) is 24.6 Å². The van der Waals surface area contributed by atoms with Crippen LogP contribution < -0.4 is 20.5 Å². The SMILES string of the molecule is Cc1ccnn(Cc2cc3nccc(-c4cc(C(F)(F)F)cc5c4N([C@H]4CNC6(CCC6)C4)CCO5)c3s2)c1=O. The number of hydrogen-bond acceptors (Lipinski definition) is 7. The number of thiophene rings is 1. The number of nitrogens with zero attached hydrogens (tertiary/aromatic N) is 4. The van der Waals surface area contributed by atoms with Gasteiger partial charge in [-0.2, -0.15) is 18.3 Å². The first-order valence-corrected chi connectivity index (χ1v) is 14.3. The quantitative estimate of drug-likeness (QED) is 0.357. The molecule has 0 amide bonds. The number of aromatic nitrogens is 3. The van der Waals surface area contributed by atoms with Crippen LogP contribution in [0.25, 0.3) is 21.3 Å². The van der Waals surface area contributed by atoms with Gasteiger partial charge in [-0.05, 0) is 62.9 Å². The molecule has 208 valence electrons. The predicted molar refractivity (Wildman–Crippen MR) is 148 cm³/mol. The van der Waals surface area contributed by atoms with Crippen molar-refractivity contribution in [3.8, 4) is 16.9 Å². The Morgan fingerprint density at radius 1 is 1.18 bits per heavy atom. The topological polar surface area (TPSA) is 72.3 Å². The minimum absolute atomic E-state index is 0.156. The molecule has 2 fully saturated rings. The summed E-state index contributed by atoms with van der Waals surface area (Å²) in [5.41, 5.74) is 2.38. The Morgan fingerprint density at radius 2 is 2.02 bits per heavy atom. The van der Waals surface area contributed by atoms with Gasteiger partial charge >= 0.3 is 6.18 Å². The third-order valence-corrected chi connectivity index (χ3v) is 9.67. The highest BCUT2D eigenvalue weighted by atomic mass is 32.1. The molecule has 1 saturated heterocycles. The molecule has 1 saturated carbocycles. The van der Waals surface area contributed by atoms with E-state index in [1.807, 2.05) is 6.07 Å². The van der Waals surface area contributed by atoms with Crippen molar-refractivity contribution in [3.63, 3.8) is 0 Å².